The number of nitrogens with one attached hydrogen (secondary N) is 2. The van der Waals surface area contributed by atoms with Crippen molar-refractivity contribution in [2.75, 3.05) is 19.6 Å². The van der Waals surface area contributed by atoms with Crippen LogP contribution in [0.25, 0.3) is 0 Å². The van der Waals surface area contributed by atoms with E-state index in [4.69, 9.17) is 5.11 Å². The fourth-order valence-corrected chi connectivity index (χ4v) is 2.70. The number of piperidine rings is 1. The predicted octanol–water partition coefficient (Wildman–Crippen LogP) is -0.130. The molecule has 1 atom stereocenters. The van der Waals surface area contributed by atoms with Crippen molar-refractivity contribution in [2.24, 2.45) is 0 Å². The van der Waals surface area contributed by atoms with Gasteiger partial charge in [-0.05, 0) is 31.5 Å². The largest absolute Gasteiger partial charge is 0.479 e. The van der Waals surface area contributed by atoms with E-state index in [0.29, 0.717) is 12.8 Å². The SMILES string of the molecule is O=C(O)[C@@H](O)CNC(=O)C1(c2ccccc2)CCNCC1. The second kappa shape index (κ2) is 6.69. The fraction of sp³-hybridized carbons (Fsp3) is 0.467. The van der Waals surface area contributed by atoms with Gasteiger partial charge in [0.15, 0.2) is 6.10 Å². The third kappa shape index (κ3) is 3.40. The van der Waals surface area contributed by atoms with E-state index in [9.17, 15) is 14.7 Å². The summed E-state index contributed by atoms with van der Waals surface area (Å²) in [6.07, 6.45) is -0.290. The maximum atomic E-state index is 12.6. The molecule has 0 unspecified atom stereocenters. The first-order valence-electron chi connectivity index (χ1n) is 7.02. The van der Waals surface area contributed by atoms with Crippen LogP contribution in [0, 0.1) is 0 Å². The van der Waals surface area contributed by atoms with E-state index in [-0.39, 0.29) is 12.5 Å². The molecule has 0 saturated carbocycles. The third-order valence-electron chi connectivity index (χ3n) is 3.96. The van der Waals surface area contributed by atoms with Gasteiger partial charge in [-0.1, -0.05) is 30.3 Å². The molecule has 4 N–H and O–H groups in total. The number of aliphatic hydroxyl groups excluding tert-OH is 1. The Morgan fingerprint density at radius 3 is 2.43 bits per heavy atom. The van der Waals surface area contributed by atoms with Crippen LogP contribution in [0.1, 0.15) is 18.4 Å². The van der Waals surface area contributed by atoms with Gasteiger partial charge in [0, 0.05) is 0 Å². The van der Waals surface area contributed by atoms with Gasteiger partial charge in [0.1, 0.15) is 0 Å². The lowest BCUT2D eigenvalue weighted by molar-refractivity contribution is -0.146. The van der Waals surface area contributed by atoms with Crippen molar-refractivity contribution in [3.63, 3.8) is 0 Å². The molecular formula is C15H20N2O4. The first-order chi connectivity index (χ1) is 10.1. The van der Waals surface area contributed by atoms with Crippen LogP contribution in [0.2, 0.25) is 0 Å². The van der Waals surface area contributed by atoms with E-state index >= 15 is 0 Å². The molecule has 1 aromatic carbocycles. The van der Waals surface area contributed by atoms with Crippen LogP contribution in [0.5, 0.6) is 0 Å². The Morgan fingerprint density at radius 1 is 1.24 bits per heavy atom. The zero-order valence-electron chi connectivity index (χ0n) is 11.7. The number of carboxylic acids is 1. The second-order valence-electron chi connectivity index (χ2n) is 5.26. The van der Waals surface area contributed by atoms with Crippen LogP contribution >= 0.6 is 0 Å². The first-order valence-corrected chi connectivity index (χ1v) is 7.02. The van der Waals surface area contributed by atoms with Gasteiger partial charge in [0.25, 0.3) is 0 Å². The smallest absolute Gasteiger partial charge is 0.334 e. The Labute approximate surface area is 123 Å². The number of carbonyl (C=O) groups is 2. The van der Waals surface area contributed by atoms with Crippen LogP contribution in [0.3, 0.4) is 0 Å². The van der Waals surface area contributed by atoms with Gasteiger partial charge in [-0.25, -0.2) is 4.79 Å². The van der Waals surface area contributed by atoms with Crippen molar-refractivity contribution in [3.8, 4) is 0 Å². The number of carbonyl (C=O) groups excluding carboxylic acids is 1. The zero-order chi connectivity index (χ0) is 15.3. The molecule has 0 aliphatic carbocycles. The molecule has 0 bridgehead atoms. The minimum Gasteiger partial charge on any atom is -0.479 e. The van der Waals surface area contributed by atoms with Crippen molar-refractivity contribution in [3.05, 3.63) is 35.9 Å². The van der Waals surface area contributed by atoms with Crippen molar-refractivity contribution < 1.29 is 19.8 Å². The van der Waals surface area contributed by atoms with E-state index in [1.807, 2.05) is 30.3 Å². The Balaban J connectivity index is 2.16. The first kappa shape index (κ1) is 15.5. The fourth-order valence-electron chi connectivity index (χ4n) is 2.70. The monoisotopic (exact) mass is 292 g/mol. The number of benzene rings is 1. The van der Waals surface area contributed by atoms with Crippen LogP contribution in [-0.4, -0.2) is 47.8 Å². The molecule has 21 heavy (non-hydrogen) atoms. The summed E-state index contributed by atoms with van der Waals surface area (Å²) in [5.41, 5.74) is 0.263. The summed E-state index contributed by atoms with van der Waals surface area (Å²) in [7, 11) is 0. The van der Waals surface area contributed by atoms with Crippen LogP contribution in [0.15, 0.2) is 30.3 Å². The summed E-state index contributed by atoms with van der Waals surface area (Å²) < 4.78 is 0. The highest BCUT2D eigenvalue weighted by molar-refractivity contribution is 5.89. The summed E-state index contributed by atoms with van der Waals surface area (Å²) in [5.74, 6) is -1.56. The number of rotatable bonds is 5. The van der Waals surface area contributed by atoms with Crippen molar-refractivity contribution in [1.82, 2.24) is 10.6 Å². The quantitative estimate of drug-likeness (QED) is 0.606. The van der Waals surface area contributed by atoms with Crippen molar-refractivity contribution >= 4 is 11.9 Å². The number of hydrogen-bond acceptors (Lipinski definition) is 4. The molecule has 2 rings (SSSR count). The van der Waals surface area contributed by atoms with Crippen molar-refractivity contribution in [1.29, 1.82) is 0 Å². The molecule has 1 saturated heterocycles. The molecular weight excluding hydrogens is 272 g/mol. The molecule has 1 aliphatic heterocycles. The van der Waals surface area contributed by atoms with Gasteiger partial charge >= 0.3 is 5.97 Å². The van der Waals surface area contributed by atoms with E-state index < -0.39 is 17.5 Å². The van der Waals surface area contributed by atoms with Crippen LogP contribution in [-0.2, 0) is 15.0 Å². The minimum absolute atomic E-state index is 0.226. The maximum Gasteiger partial charge on any atom is 0.334 e. The molecule has 6 nitrogen and oxygen atoms in total. The van der Waals surface area contributed by atoms with Crippen molar-refractivity contribution in [2.45, 2.75) is 24.4 Å². The normalized spacial score (nSPS) is 18.7. The zero-order valence-corrected chi connectivity index (χ0v) is 11.7. The summed E-state index contributed by atoms with van der Waals surface area (Å²) in [5, 5.41) is 23.8. The standard InChI is InChI=1S/C15H20N2O4/c18-12(13(19)20)10-17-14(21)15(6-8-16-9-7-15)11-4-2-1-3-5-11/h1-5,12,16,18H,6-10H2,(H,17,21)(H,19,20)/t12-/m0/s1. The Hall–Kier alpha value is -1.92. The summed E-state index contributed by atoms with van der Waals surface area (Å²) in [4.78, 5) is 23.2. The lowest BCUT2D eigenvalue weighted by Gasteiger charge is -2.36. The predicted molar refractivity (Wildman–Crippen MR) is 76.9 cm³/mol. The highest BCUT2D eigenvalue weighted by Crippen LogP contribution is 2.33. The number of aliphatic hydroxyl groups is 1. The lowest BCUT2D eigenvalue weighted by Crippen LogP contribution is -2.52. The molecule has 1 amide bonds. The van der Waals surface area contributed by atoms with Gasteiger partial charge in [0.05, 0.1) is 12.0 Å². The average molecular weight is 292 g/mol. The van der Waals surface area contributed by atoms with E-state index in [2.05, 4.69) is 10.6 Å². The second-order valence-corrected chi connectivity index (χ2v) is 5.26. The molecule has 0 radical (unpaired) electrons. The Bertz CT molecular complexity index is 498. The highest BCUT2D eigenvalue weighted by Gasteiger charge is 2.41. The van der Waals surface area contributed by atoms with Crippen LogP contribution < -0.4 is 10.6 Å². The molecule has 1 fully saturated rings. The van der Waals surface area contributed by atoms with E-state index in [1.54, 1.807) is 0 Å². The molecule has 1 aliphatic rings. The number of carboxylic acid groups (broad SMARTS) is 1. The average Bonchev–Trinajstić information content (AvgIpc) is 2.53. The summed E-state index contributed by atoms with van der Waals surface area (Å²) >= 11 is 0. The summed E-state index contributed by atoms with van der Waals surface area (Å²) in [6, 6.07) is 9.50. The van der Waals surface area contributed by atoms with Gasteiger partial charge in [-0.3, -0.25) is 4.79 Å². The number of hydrogen-bond donors (Lipinski definition) is 4. The van der Waals surface area contributed by atoms with E-state index in [0.717, 1.165) is 18.7 Å². The summed E-state index contributed by atoms with van der Waals surface area (Å²) in [6.45, 7) is 1.17. The highest BCUT2D eigenvalue weighted by atomic mass is 16.4. The number of amides is 1. The molecule has 1 aromatic rings. The molecule has 0 aromatic heterocycles. The molecule has 0 spiro atoms. The Morgan fingerprint density at radius 2 is 1.86 bits per heavy atom. The third-order valence-corrected chi connectivity index (χ3v) is 3.96. The lowest BCUT2D eigenvalue weighted by atomic mass is 9.72. The molecule has 1 heterocycles. The Kier molecular flexibility index (Phi) is 4.93. The van der Waals surface area contributed by atoms with Crippen LogP contribution in [0.4, 0.5) is 0 Å². The molecule has 6 heteroatoms. The van der Waals surface area contributed by atoms with Gasteiger partial charge in [-0.2, -0.15) is 0 Å². The maximum absolute atomic E-state index is 12.6. The van der Waals surface area contributed by atoms with Gasteiger partial charge < -0.3 is 20.8 Å². The number of aliphatic carboxylic acids is 1. The van der Waals surface area contributed by atoms with E-state index in [1.165, 1.54) is 0 Å². The van der Waals surface area contributed by atoms with Gasteiger partial charge in [0.2, 0.25) is 5.91 Å². The molecule has 114 valence electrons. The van der Waals surface area contributed by atoms with Gasteiger partial charge in [-0.15, -0.1) is 0 Å². The topological polar surface area (TPSA) is 98.7 Å². The minimum atomic E-state index is -1.58.